The number of hydrogen-bond donors (Lipinski definition) is 2. The van der Waals surface area contributed by atoms with Gasteiger partial charge >= 0.3 is 0 Å². The van der Waals surface area contributed by atoms with Crippen LogP contribution in [0, 0.1) is 12.7 Å². The van der Waals surface area contributed by atoms with Gasteiger partial charge in [0.1, 0.15) is 11.6 Å². The van der Waals surface area contributed by atoms with E-state index >= 15 is 0 Å². The minimum absolute atomic E-state index is 0.0737. The molecule has 4 nitrogen and oxygen atoms in total. The summed E-state index contributed by atoms with van der Waals surface area (Å²) in [6.07, 6.45) is -0.393. The molecule has 1 atom stereocenters. The standard InChI is InChI=1S/C18H20FNO3/c1-13-2-8-16(9-3-13)23-12-18(22)20-11-10-17(21)14-4-6-15(19)7-5-14/h2-9,17,21H,10-12H2,1H3,(H,20,22). The number of hydrogen-bond acceptors (Lipinski definition) is 3. The second kappa shape index (κ2) is 8.29. The number of rotatable bonds is 7. The number of halogens is 1. The minimum atomic E-state index is -0.742. The van der Waals surface area contributed by atoms with Crippen LogP contribution in [0.1, 0.15) is 23.7 Å². The highest BCUT2D eigenvalue weighted by Crippen LogP contribution is 2.16. The number of aliphatic hydroxyl groups excluding tert-OH is 1. The Morgan fingerprint density at radius 1 is 1.17 bits per heavy atom. The highest BCUT2D eigenvalue weighted by Gasteiger charge is 2.09. The van der Waals surface area contributed by atoms with E-state index < -0.39 is 6.10 Å². The third kappa shape index (κ3) is 5.71. The van der Waals surface area contributed by atoms with Gasteiger partial charge in [-0.15, -0.1) is 0 Å². The summed E-state index contributed by atoms with van der Waals surface area (Å²) in [7, 11) is 0. The fraction of sp³-hybridized carbons (Fsp3) is 0.278. The normalized spacial score (nSPS) is 11.8. The molecule has 0 aliphatic carbocycles. The first-order chi connectivity index (χ1) is 11.0. The van der Waals surface area contributed by atoms with Crippen molar-refractivity contribution in [2.45, 2.75) is 19.4 Å². The second-order valence-corrected chi connectivity index (χ2v) is 5.31. The van der Waals surface area contributed by atoms with Crippen LogP contribution in [-0.4, -0.2) is 24.2 Å². The van der Waals surface area contributed by atoms with Gasteiger partial charge in [-0.2, -0.15) is 0 Å². The summed E-state index contributed by atoms with van der Waals surface area (Å²) in [6, 6.07) is 13.1. The van der Waals surface area contributed by atoms with Crippen LogP contribution in [0.25, 0.3) is 0 Å². The number of benzene rings is 2. The number of ether oxygens (including phenoxy) is 1. The molecule has 5 heteroatoms. The fourth-order valence-corrected chi connectivity index (χ4v) is 2.03. The monoisotopic (exact) mass is 317 g/mol. The molecule has 1 unspecified atom stereocenters. The lowest BCUT2D eigenvalue weighted by Gasteiger charge is -2.12. The Morgan fingerprint density at radius 2 is 1.83 bits per heavy atom. The average Bonchev–Trinajstić information content (AvgIpc) is 2.55. The molecular formula is C18H20FNO3. The first-order valence-electron chi connectivity index (χ1n) is 7.44. The van der Waals surface area contributed by atoms with E-state index in [4.69, 9.17) is 4.74 Å². The summed E-state index contributed by atoms with van der Waals surface area (Å²) >= 11 is 0. The van der Waals surface area contributed by atoms with Gasteiger partial charge < -0.3 is 15.2 Å². The molecule has 0 aromatic heterocycles. The quantitative estimate of drug-likeness (QED) is 0.825. The van der Waals surface area contributed by atoms with E-state index in [0.717, 1.165) is 5.56 Å². The maximum Gasteiger partial charge on any atom is 0.257 e. The maximum atomic E-state index is 12.8. The van der Waals surface area contributed by atoms with Gasteiger partial charge in [0.25, 0.3) is 5.91 Å². The van der Waals surface area contributed by atoms with Crippen molar-refractivity contribution in [3.05, 3.63) is 65.5 Å². The summed E-state index contributed by atoms with van der Waals surface area (Å²) in [5, 5.41) is 12.6. The lowest BCUT2D eigenvalue weighted by Crippen LogP contribution is -2.30. The van der Waals surface area contributed by atoms with Crippen LogP contribution >= 0.6 is 0 Å². The van der Waals surface area contributed by atoms with E-state index in [1.165, 1.54) is 24.3 Å². The molecule has 23 heavy (non-hydrogen) atoms. The van der Waals surface area contributed by atoms with Crippen LogP contribution in [-0.2, 0) is 4.79 Å². The van der Waals surface area contributed by atoms with E-state index in [9.17, 15) is 14.3 Å². The van der Waals surface area contributed by atoms with Crippen LogP contribution in [0.4, 0.5) is 4.39 Å². The van der Waals surface area contributed by atoms with Gasteiger partial charge in [0, 0.05) is 6.54 Å². The van der Waals surface area contributed by atoms with Crippen molar-refractivity contribution >= 4 is 5.91 Å². The number of aryl methyl sites for hydroxylation is 1. The predicted octanol–water partition coefficient (Wildman–Crippen LogP) is 2.75. The Morgan fingerprint density at radius 3 is 2.48 bits per heavy atom. The summed E-state index contributed by atoms with van der Waals surface area (Å²) in [4.78, 5) is 11.7. The van der Waals surface area contributed by atoms with Crippen LogP contribution in [0.15, 0.2) is 48.5 Å². The lowest BCUT2D eigenvalue weighted by molar-refractivity contribution is -0.123. The SMILES string of the molecule is Cc1ccc(OCC(=O)NCCC(O)c2ccc(F)cc2)cc1. The number of aliphatic hydroxyl groups is 1. The summed E-state index contributed by atoms with van der Waals surface area (Å²) in [5.41, 5.74) is 1.74. The molecule has 2 aromatic carbocycles. The van der Waals surface area contributed by atoms with E-state index in [-0.39, 0.29) is 18.3 Å². The van der Waals surface area contributed by atoms with Crippen molar-refractivity contribution in [3.63, 3.8) is 0 Å². The Hall–Kier alpha value is -2.40. The predicted molar refractivity (Wildman–Crippen MR) is 85.7 cm³/mol. The molecule has 0 saturated carbocycles. The molecule has 0 aliphatic heterocycles. The second-order valence-electron chi connectivity index (χ2n) is 5.31. The van der Waals surface area contributed by atoms with Gasteiger partial charge in [-0.25, -0.2) is 4.39 Å². The van der Waals surface area contributed by atoms with Crippen molar-refractivity contribution in [1.29, 1.82) is 0 Å². The Labute approximate surface area is 134 Å². The Bertz CT molecular complexity index is 626. The Kier molecular flexibility index (Phi) is 6.11. The van der Waals surface area contributed by atoms with Gasteiger partial charge in [0.15, 0.2) is 6.61 Å². The lowest BCUT2D eigenvalue weighted by atomic mass is 10.1. The fourth-order valence-electron chi connectivity index (χ4n) is 2.03. The third-order valence-corrected chi connectivity index (χ3v) is 3.39. The van der Waals surface area contributed by atoms with Crippen molar-refractivity contribution in [2.24, 2.45) is 0 Å². The van der Waals surface area contributed by atoms with Gasteiger partial charge in [0.05, 0.1) is 6.10 Å². The number of nitrogens with one attached hydrogen (secondary N) is 1. The number of amides is 1. The first kappa shape index (κ1) is 17.0. The van der Waals surface area contributed by atoms with Gasteiger partial charge in [-0.05, 0) is 43.2 Å². The van der Waals surface area contributed by atoms with E-state index in [1.807, 2.05) is 19.1 Å². The number of carbonyl (C=O) groups is 1. The van der Waals surface area contributed by atoms with E-state index in [1.54, 1.807) is 12.1 Å². The van der Waals surface area contributed by atoms with Crippen LogP contribution in [0.3, 0.4) is 0 Å². The van der Waals surface area contributed by atoms with Gasteiger partial charge in [0.2, 0.25) is 0 Å². The van der Waals surface area contributed by atoms with Crippen molar-refractivity contribution in [3.8, 4) is 5.75 Å². The van der Waals surface area contributed by atoms with Crippen LogP contribution in [0.2, 0.25) is 0 Å². The van der Waals surface area contributed by atoms with Crippen LogP contribution in [0.5, 0.6) is 5.75 Å². The highest BCUT2D eigenvalue weighted by molar-refractivity contribution is 5.77. The Balaban J connectivity index is 1.68. The van der Waals surface area contributed by atoms with Gasteiger partial charge in [-0.3, -0.25) is 4.79 Å². The zero-order valence-electron chi connectivity index (χ0n) is 13.0. The van der Waals surface area contributed by atoms with Crippen molar-refractivity contribution in [1.82, 2.24) is 5.32 Å². The topological polar surface area (TPSA) is 58.6 Å². The summed E-state index contributed by atoms with van der Waals surface area (Å²) in [5.74, 6) is 0.0384. The maximum absolute atomic E-state index is 12.8. The molecular weight excluding hydrogens is 297 g/mol. The molecule has 2 aromatic rings. The average molecular weight is 317 g/mol. The summed E-state index contributed by atoms with van der Waals surface area (Å²) in [6.45, 7) is 2.22. The minimum Gasteiger partial charge on any atom is -0.484 e. The molecule has 0 saturated heterocycles. The molecule has 2 N–H and O–H groups in total. The van der Waals surface area contributed by atoms with E-state index in [0.29, 0.717) is 24.3 Å². The van der Waals surface area contributed by atoms with Crippen LogP contribution < -0.4 is 10.1 Å². The van der Waals surface area contributed by atoms with E-state index in [2.05, 4.69) is 5.32 Å². The molecule has 0 radical (unpaired) electrons. The molecule has 0 spiro atoms. The van der Waals surface area contributed by atoms with Crippen molar-refractivity contribution in [2.75, 3.05) is 13.2 Å². The zero-order valence-corrected chi connectivity index (χ0v) is 13.0. The first-order valence-corrected chi connectivity index (χ1v) is 7.44. The van der Waals surface area contributed by atoms with Crippen molar-refractivity contribution < 1.29 is 19.0 Å². The number of carbonyl (C=O) groups excluding carboxylic acids is 1. The van der Waals surface area contributed by atoms with Gasteiger partial charge in [-0.1, -0.05) is 29.8 Å². The molecule has 0 heterocycles. The molecule has 0 fully saturated rings. The smallest absolute Gasteiger partial charge is 0.257 e. The molecule has 1 amide bonds. The highest BCUT2D eigenvalue weighted by atomic mass is 19.1. The summed E-state index contributed by atoms with van der Waals surface area (Å²) < 4.78 is 18.2. The molecule has 0 bridgehead atoms. The molecule has 0 aliphatic rings. The largest absolute Gasteiger partial charge is 0.484 e. The zero-order chi connectivity index (χ0) is 16.7. The molecule has 122 valence electrons. The third-order valence-electron chi connectivity index (χ3n) is 3.39. The molecule has 2 rings (SSSR count).